The van der Waals surface area contributed by atoms with Crippen molar-refractivity contribution >= 4 is 23.6 Å². The van der Waals surface area contributed by atoms with Crippen molar-refractivity contribution in [2.45, 2.75) is 6.42 Å². The summed E-state index contributed by atoms with van der Waals surface area (Å²) in [6.45, 7) is 2.11. The van der Waals surface area contributed by atoms with Crippen LogP contribution in [0.15, 0.2) is 24.3 Å². The summed E-state index contributed by atoms with van der Waals surface area (Å²) in [5.74, 6) is 0.0665. The normalized spacial score (nSPS) is 15.1. The summed E-state index contributed by atoms with van der Waals surface area (Å²) in [6.07, 6.45) is 0.0184. The molecule has 0 aliphatic carbocycles. The summed E-state index contributed by atoms with van der Waals surface area (Å²) in [7, 11) is 1.36. The lowest BCUT2D eigenvalue weighted by molar-refractivity contribution is -0.132. The molecule has 0 N–H and O–H groups in total. The fourth-order valence-electron chi connectivity index (χ4n) is 2.16. The molecule has 1 heterocycles. The zero-order valence-electron chi connectivity index (χ0n) is 11.3. The number of rotatable bonds is 2. The number of ether oxygens (including phenoxy) is 1. The van der Waals surface area contributed by atoms with Gasteiger partial charge in [-0.2, -0.15) is 0 Å². The number of carbonyl (C=O) groups excluding carboxylic acids is 2. The number of nitrogens with zero attached hydrogens (tertiary/aromatic N) is 2. The lowest BCUT2D eigenvalue weighted by Gasteiger charge is -2.33. The highest BCUT2D eigenvalue weighted by atomic mass is 35.5. The van der Waals surface area contributed by atoms with Crippen LogP contribution in [-0.4, -0.2) is 55.1 Å². The molecule has 6 heteroatoms. The van der Waals surface area contributed by atoms with Crippen molar-refractivity contribution in [3.05, 3.63) is 34.9 Å². The highest BCUT2D eigenvalue weighted by Crippen LogP contribution is 2.12. The van der Waals surface area contributed by atoms with Crippen LogP contribution in [0.1, 0.15) is 5.56 Å². The van der Waals surface area contributed by atoms with Crippen LogP contribution in [0.3, 0.4) is 0 Å². The Labute approximate surface area is 123 Å². The lowest BCUT2D eigenvalue weighted by atomic mass is 10.1. The van der Waals surface area contributed by atoms with E-state index in [2.05, 4.69) is 4.74 Å². The van der Waals surface area contributed by atoms with Crippen LogP contribution in [0.25, 0.3) is 0 Å². The van der Waals surface area contributed by atoms with E-state index >= 15 is 0 Å². The molecular weight excluding hydrogens is 280 g/mol. The first-order valence-electron chi connectivity index (χ1n) is 6.45. The summed E-state index contributed by atoms with van der Waals surface area (Å²) in [4.78, 5) is 26.9. The van der Waals surface area contributed by atoms with Gasteiger partial charge in [-0.25, -0.2) is 4.79 Å². The third-order valence-corrected chi connectivity index (χ3v) is 3.59. The van der Waals surface area contributed by atoms with Gasteiger partial charge in [0.05, 0.1) is 13.5 Å². The summed E-state index contributed by atoms with van der Waals surface area (Å²) in [5, 5.41) is 0.660. The average molecular weight is 297 g/mol. The first-order valence-corrected chi connectivity index (χ1v) is 6.83. The van der Waals surface area contributed by atoms with Crippen molar-refractivity contribution in [3.63, 3.8) is 0 Å². The summed E-state index contributed by atoms with van der Waals surface area (Å²) in [5.41, 5.74) is 0.940. The molecule has 0 atom stereocenters. The molecule has 1 fully saturated rings. The molecule has 1 saturated heterocycles. The molecule has 0 radical (unpaired) electrons. The minimum atomic E-state index is -0.338. The monoisotopic (exact) mass is 296 g/mol. The van der Waals surface area contributed by atoms with Gasteiger partial charge in [-0.1, -0.05) is 23.7 Å². The lowest BCUT2D eigenvalue weighted by Crippen LogP contribution is -2.50. The van der Waals surface area contributed by atoms with Gasteiger partial charge in [0.2, 0.25) is 5.91 Å². The largest absolute Gasteiger partial charge is 0.453 e. The Kier molecular flexibility index (Phi) is 4.84. The van der Waals surface area contributed by atoms with E-state index in [9.17, 15) is 9.59 Å². The molecule has 0 aromatic heterocycles. The van der Waals surface area contributed by atoms with E-state index in [1.165, 1.54) is 7.11 Å². The van der Waals surface area contributed by atoms with E-state index in [1.54, 1.807) is 21.9 Å². The smallest absolute Gasteiger partial charge is 0.409 e. The van der Waals surface area contributed by atoms with Gasteiger partial charge >= 0.3 is 6.09 Å². The highest BCUT2D eigenvalue weighted by molar-refractivity contribution is 6.30. The zero-order chi connectivity index (χ0) is 14.5. The molecule has 1 aromatic carbocycles. The number of amides is 2. The van der Waals surface area contributed by atoms with E-state index in [4.69, 9.17) is 11.6 Å². The molecule has 0 bridgehead atoms. The van der Waals surface area contributed by atoms with Gasteiger partial charge in [-0.3, -0.25) is 4.79 Å². The Morgan fingerprint density at radius 1 is 1.10 bits per heavy atom. The molecule has 5 nitrogen and oxygen atoms in total. The number of benzene rings is 1. The van der Waals surface area contributed by atoms with Crippen molar-refractivity contribution in [2.75, 3.05) is 33.3 Å². The molecule has 1 aliphatic heterocycles. The van der Waals surface area contributed by atoms with E-state index < -0.39 is 0 Å². The van der Waals surface area contributed by atoms with Gasteiger partial charge in [0.15, 0.2) is 0 Å². The maximum absolute atomic E-state index is 12.2. The van der Waals surface area contributed by atoms with Gasteiger partial charge in [0.1, 0.15) is 0 Å². The SMILES string of the molecule is COC(=O)N1CCN(C(=O)Cc2ccc(Cl)cc2)CC1. The third-order valence-electron chi connectivity index (χ3n) is 3.33. The maximum atomic E-state index is 12.2. The first-order chi connectivity index (χ1) is 9.60. The molecule has 1 aromatic rings. The molecule has 0 unspecified atom stereocenters. The van der Waals surface area contributed by atoms with Crippen LogP contribution >= 0.6 is 11.6 Å². The predicted octanol–water partition coefficient (Wildman–Crippen LogP) is 1.79. The summed E-state index contributed by atoms with van der Waals surface area (Å²) < 4.78 is 4.66. The number of methoxy groups -OCH3 is 1. The maximum Gasteiger partial charge on any atom is 0.409 e. The summed E-state index contributed by atoms with van der Waals surface area (Å²) >= 11 is 5.81. The van der Waals surface area contributed by atoms with Crippen LogP contribution in [0.5, 0.6) is 0 Å². The van der Waals surface area contributed by atoms with Gasteiger partial charge in [0, 0.05) is 31.2 Å². The van der Waals surface area contributed by atoms with Crippen LogP contribution < -0.4 is 0 Å². The van der Waals surface area contributed by atoms with E-state index in [1.807, 2.05) is 12.1 Å². The Bertz CT molecular complexity index is 482. The molecule has 2 rings (SSSR count). The average Bonchev–Trinajstić information content (AvgIpc) is 2.49. The second kappa shape index (κ2) is 6.61. The van der Waals surface area contributed by atoms with E-state index in [0.29, 0.717) is 37.6 Å². The van der Waals surface area contributed by atoms with Crippen LogP contribution in [0.4, 0.5) is 4.79 Å². The van der Waals surface area contributed by atoms with Crippen molar-refractivity contribution in [1.29, 1.82) is 0 Å². The number of hydrogen-bond donors (Lipinski definition) is 0. The topological polar surface area (TPSA) is 49.9 Å². The van der Waals surface area contributed by atoms with Gasteiger partial charge in [-0.15, -0.1) is 0 Å². The van der Waals surface area contributed by atoms with Crippen molar-refractivity contribution < 1.29 is 14.3 Å². The zero-order valence-corrected chi connectivity index (χ0v) is 12.1. The third kappa shape index (κ3) is 3.63. The molecule has 108 valence electrons. The number of hydrogen-bond acceptors (Lipinski definition) is 3. The Balaban J connectivity index is 1.85. The van der Waals surface area contributed by atoms with Crippen molar-refractivity contribution in [2.24, 2.45) is 0 Å². The second-order valence-corrected chi connectivity index (χ2v) is 5.08. The number of piperazine rings is 1. The van der Waals surface area contributed by atoms with Crippen LogP contribution in [-0.2, 0) is 16.0 Å². The highest BCUT2D eigenvalue weighted by Gasteiger charge is 2.24. The fraction of sp³-hybridized carbons (Fsp3) is 0.429. The van der Waals surface area contributed by atoms with Crippen LogP contribution in [0.2, 0.25) is 5.02 Å². The number of carbonyl (C=O) groups is 2. The Hall–Kier alpha value is -1.75. The summed E-state index contributed by atoms with van der Waals surface area (Å²) in [6, 6.07) is 7.26. The van der Waals surface area contributed by atoms with Crippen molar-refractivity contribution in [1.82, 2.24) is 9.80 Å². The van der Waals surface area contributed by atoms with Crippen molar-refractivity contribution in [3.8, 4) is 0 Å². The molecule has 0 saturated carbocycles. The van der Waals surface area contributed by atoms with E-state index in [0.717, 1.165) is 5.56 Å². The Morgan fingerprint density at radius 3 is 2.20 bits per heavy atom. The molecule has 0 spiro atoms. The second-order valence-electron chi connectivity index (χ2n) is 4.64. The number of halogens is 1. The fourth-order valence-corrected chi connectivity index (χ4v) is 2.28. The van der Waals surface area contributed by atoms with E-state index in [-0.39, 0.29) is 12.0 Å². The first kappa shape index (κ1) is 14.7. The Morgan fingerprint density at radius 2 is 1.65 bits per heavy atom. The molecular formula is C14H17ClN2O3. The molecule has 2 amide bonds. The quantitative estimate of drug-likeness (QED) is 0.836. The van der Waals surface area contributed by atoms with Gasteiger partial charge in [0.25, 0.3) is 0 Å². The molecule has 20 heavy (non-hydrogen) atoms. The van der Waals surface area contributed by atoms with Crippen LogP contribution in [0, 0.1) is 0 Å². The minimum Gasteiger partial charge on any atom is -0.453 e. The standard InChI is InChI=1S/C14H17ClN2O3/c1-20-14(19)17-8-6-16(7-9-17)13(18)10-11-2-4-12(15)5-3-11/h2-5H,6-10H2,1H3. The van der Waals surface area contributed by atoms with Gasteiger partial charge in [-0.05, 0) is 17.7 Å². The molecule has 1 aliphatic rings. The van der Waals surface area contributed by atoms with Gasteiger partial charge < -0.3 is 14.5 Å². The minimum absolute atomic E-state index is 0.0665. The predicted molar refractivity (Wildman–Crippen MR) is 75.7 cm³/mol.